The second kappa shape index (κ2) is 9.41. The molecule has 2 aromatic rings. The number of piperidine rings is 1. The van der Waals surface area contributed by atoms with Crippen LogP contribution in [-0.4, -0.2) is 43.1 Å². The Hall–Kier alpha value is -3.10. The Kier molecular flexibility index (Phi) is 6.58. The summed E-state index contributed by atoms with van der Waals surface area (Å²) in [6.45, 7) is 0.506. The highest BCUT2D eigenvalue weighted by Crippen LogP contribution is 2.47. The molecule has 6 nitrogen and oxygen atoms in total. The van der Waals surface area contributed by atoms with Crippen LogP contribution >= 0.6 is 0 Å². The number of ether oxygens (including phenoxy) is 1. The number of esters is 1. The van der Waals surface area contributed by atoms with Crippen molar-refractivity contribution < 1.29 is 27.5 Å². The van der Waals surface area contributed by atoms with Crippen LogP contribution in [0.25, 0.3) is 0 Å². The number of pyridine rings is 1. The Balaban J connectivity index is 1.28. The van der Waals surface area contributed by atoms with Crippen molar-refractivity contribution in [2.75, 3.05) is 31.1 Å². The smallest absolute Gasteiger partial charge is 0.419 e. The predicted octanol–water partition coefficient (Wildman–Crippen LogP) is 3.71. The topological polar surface area (TPSA) is 71.5 Å². The summed E-state index contributed by atoms with van der Waals surface area (Å²) in [5.74, 6) is -1.77. The molecule has 1 N–H and O–H groups in total. The number of alkyl halides is 3. The summed E-state index contributed by atoms with van der Waals surface area (Å²) in [4.78, 5) is 30.1. The Labute approximate surface area is 190 Å². The molecule has 4 rings (SSSR count). The fourth-order valence-corrected chi connectivity index (χ4v) is 4.32. The zero-order valence-electron chi connectivity index (χ0n) is 18.1. The number of carbonyl (C=O) groups is 2. The lowest BCUT2D eigenvalue weighted by molar-refractivity contribution is -0.152. The summed E-state index contributed by atoms with van der Waals surface area (Å²) < 4.78 is 45.2. The Morgan fingerprint density at radius 1 is 1.15 bits per heavy atom. The first-order valence-electron chi connectivity index (χ1n) is 11.0. The maximum atomic E-state index is 13.3. The Bertz CT molecular complexity index is 993. The SMILES string of the molecule is O=C(COC(=O)C1CCCN(c2ncccc2C(F)(F)F)C1)NCC1(c2ccccc2)CC1. The molecule has 1 aromatic heterocycles. The van der Waals surface area contributed by atoms with Gasteiger partial charge in [0.05, 0.1) is 11.5 Å². The van der Waals surface area contributed by atoms with Crippen LogP contribution in [0.2, 0.25) is 0 Å². The number of hydrogen-bond acceptors (Lipinski definition) is 5. The largest absolute Gasteiger partial charge is 0.455 e. The van der Waals surface area contributed by atoms with E-state index in [9.17, 15) is 22.8 Å². The van der Waals surface area contributed by atoms with Gasteiger partial charge in [-0.3, -0.25) is 9.59 Å². The van der Waals surface area contributed by atoms with E-state index in [0.29, 0.717) is 25.9 Å². The standard InChI is InChI=1S/C24H26F3N3O3/c25-24(26,27)19-9-4-12-28-21(19)30-13-5-6-17(14-30)22(32)33-15-20(31)29-16-23(10-11-23)18-7-2-1-3-8-18/h1-4,7-9,12,17H,5-6,10-11,13-16H2,(H,29,31). The normalized spacial score (nSPS) is 19.6. The molecule has 0 bridgehead atoms. The zero-order chi connectivity index (χ0) is 23.5. The van der Waals surface area contributed by atoms with Gasteiger partial charge in [-0.15, -0.1) is 0 Å². The maximum Gasteiger partial charge on any atom is 0.419 e. The lowest BCUT2D eigenvalue weighted by atomic mass is 9.96. The lowest BCUT2D eigenvalue weighted by Gasteiger charge is -2.33. The van der Waals surface area contributed by atoms with Crippen LogP contribution in [-0.2, 0) is 25.9 Å². The number of rotatable bonds is 7. The van der Waals surface area contributed by atoms with E-state index < -0.39 is 30.2 Å². The molecule has 176 valence electrons. The summed E-state index contributed by atoms with van der Waals surface area (Å²) in [5.41, 5.74) is 0.298. The molecule has 1 saturated heterocycles. The Morgan fingerprint density at radius 3 is 2.61 bits per heavy atom. The Morgan fingerprint density at radius 2 is 1.91 bits per heavy atom. The molecule has 1 aliphatic carbocycles. The number of nitrogens with zero attached hydrogens (tertiary/aromatic N) is 2. The molecule has 1 amide bonds. The van der Waals surface area contributed by atoms with Crippen molar-refractivity contribution in [2.24, 2.45) is 5.92 Å². The number of amides is 1. The quantitative estimate of drug-likeness (QED) is 0.637. The van der Waals surface area contributed by atoms with Gasteiger partial charge in [0.2, 0.25) is 0 Å². The summed E-state index contributed by atoms with van der Waals surface area (Å²) in [6.07, 6.45) is -0.237. The fraction of sp³-hybridized carbons (Fsp3) is 0.458. The van der Waals surface area contributed by atoms with Crippen LogP contribution in [0.1, 0.15) is 36.8 Å². The van der Waals surface area contributed by atoms with E-state index in [1.54, 1.807) is 0 Å². The van der Waals surface area contributed by atoms with E-state index in [4.69, 9.17) is 4.74 Å². The van der Waals surface area contributed by atoms with E-state index in [-0.39, 0.29) is 23.7 Å². The molecule has 0 spiro atoms. The van der Waals surface area contributed by atoms with Crippen LogP contribution < -0.4 is 10.2 Å². The third-order valence-corrected chi connectivity index (χ3v) is 6.36. The molecule has 2 fully saturated rings. The van der Waals surface area contributed by atoms with Gasteiger partial charge < -0.3 is 15.0 Å². The van der Waals surface area contributed by atoms with Crippen molar-refractivity contribution in [3.63, 3.8) is 0 Å². The van der Waals surface area contributed by atoms with Crippen molar-refractivity contribution in [1.29, 1.82) is 0 Å². The second-order valence-corrected chi connectivity index (χ2v) is 8.69. The number of halogens is 3. The summed E-state index contributed by atoms with van der Waals surface area (Å²) >= 11 is 0. The minimum absolute atomic E-state index is 0.0519. The van der Waals surface area contributed by atoms with E-state index >= 15 is 0 Å². The number of aromatic nitrogens is 1. The van der Waals surface area contributed by atoms with Gasteiger partial charge >= 0.3 is 12.1 Å². The highest BCUT2D eigenvalue weighted by molar-refractivity contribution is 5.81. The van der Waals surface area contributed by atoms with Crippen molar-refractivity contribution in [3.8, 4) is 0 Å². The third kappa shape index (κ3) is 5.46. The van der Waals surface area contributed by atoms with Crippen molar-refractivity contribution in [2.45, 2.75) is 37.3 Å². The minimum atomic E-state index is -4.53. The van der Waals surface area contributed by atoms with Gasteiger partial charge in [0, 0.05) is 31.2 Å². The molecule has 0 radical (unpaired) electrons. The van der Waals surface area contributed by atoms with Crippen LogP contribution in [0, 0.1) is 5.92 Å². The zero-order valence-corrected chi connectivity index (χ0v) is 18.1. The summed E-state index contributed by atoms with van der Waals surface area (Å²) in [7, 11) is 0. The van der Waals surface area contributed by atoms with Gasteiger partial charge in [-0.05, 0) is 43.4 Å². The number of hydrogen-bond donors (Lipinski definition) is 1. The molecule has 1 aromatic carbocycles. The van der Waals surface area contributed by atoms with E-state index in [2.05, 4.69) is 10.3 Å². The second-order valence-electron chi connectivity index (χ2n) is 8.69. The van der Waals surface area contributed by atoms with Gasteiger partial charge in [-0.25, -0.2) is 4.98 Å². The van der Waals surface area contributed by atoms with Gasteiger partial charge in [0.1, 0.15) is 5.82 Å². The molecule has 1 atom stereocenters. The first-order valence-corrected chi connectivity index (χ1v) is 11.0. The number of anilines is 1. The molecule has 1 unspecified atom stereocenters. The van der Waals surface area contributed by atoms with Gasteiger partial charge in [-0.1, -0.05) is 30.3 Å². The predicted molar refractivity (Wildman–Crippen MR) is 115 cm³/mol. The summed E-state index contributed by atoms with van der Waals surface area (Å²) in [6, 6.07) is 12.2. The monoisotopic (exact) mass is 461 g/mol. The average Bonchev–Trinajstić information content (AvgIpc) is 3.62. The molecule has 33 heavy (non-hydrogen) atoms. The maximum absolute atomic E-state index is 13.3. The molecule has 1 aliphatic heterocycles. The average molecular weight is 461 g/mol. The van der Waals surface area contributed by atoms with Crippen molar-refractivity contribution in [1.82, 2.24) is 10.3 Å². The number of benzene rings is 1. The highest BCUT2D eigenvalue weighted by Gasteiger charge is 2.44. The van der Waals surface area contributed by atoms with Crippen molar-refractivity contribution >= 4 is 17.7 Å². The van der Waals surface area contributed by atoms with Gasteiger partial charge in [-0.2, -0.15) is 13.2 Å². The first kappa shape index (κ1) is 23.1. The van der Waals surface area contributed by atoms with Crippen LogP contribution in [0.3, 0.4) is 0 Å². The van der Waals surface area contributed by atoms with E-state index in [1.165, 1.54) is 22.7 Å². The fourth-order valence-electron chi connectivity index (χ4n) is 4.32. The van der Waals surface area contributed by atoms with Crippen LogP contribution in [0.15, 0.2) is 48.7 Å². The molecular weight excluding hydrogens is 435 g/mol. The lowest BCUT2D eigenvalue weighted by Crippen LogP contribution is -2.42. The minimum Gasteiger partial charge on any atom is -0.455 e. The van der Waals surface area contributed by atoms with Crippen LogP contribution in [0.5, 0.6) is 0 Å². The van der Waals surface area contributed by atoms with Gasteiger partial charge in [0.15, 0.2) is 6.61 Å². The van der Waals surface area contributed by atoms with E-state index in [1.807, 2.05) is 30.3 Å². The number of carbonyl (C=O) groups excluding carboxylic acids is 2. The molecule has 2 heterocycles. The van der Waals surface area contributed by atoms with Crippen LogP contribution in [0.4, 0.5) is 19.0 Å². The first-order chi connectivity index (χ1) is 15.8. The molecule has 9 heteroatoms. The van der Waals surface area contributed by atoms with Gasteiger partial charge in [0.25, 0.3) is 5.91 Å². The molecule has 2 aliphatic rings. The van der Waals surface area contributed by atoms with Crippen molar-refractivity contribution in [3.05, 3.63) is 59.8 Å². The summed E-state index contributed by atoms with van der Waals surface area (Å²) in [5, 5.41) is 2.84. The highest BCUT2D eigenvalue weighted by atomic mass is 19.4. The van der Waals surface area contributed by atoms with E-state index in [0.717, 1.165) is 18.9 Å². The molecule has 1 saturated carbocycles. The number of nitrogens with one attached hydrogen (secondary N) is 1. The third-order valence-electron chi connectivity index (χ3n) is 6.36. The molecular formula is C24H26F3N3O3.